The zero-order chi connectivity index (χ0) is 23.6. The van der Waals surface area contributed by atoms with Crippen molar-refractivity contribution in [3.63, 3.8) is 0 Å². The number of benzene rings is 2. The number of carbonyl (C=O) groups is 2. The number of nitrogens with one attached hydrogen (secondary N) is 1. The minimum Gasteiger partial charge on any atom is -0.462 e. The number of fused-ring (bicyclic) bond motifs is 1. The van der Waals surface area contributed by atoms with Gasteiger partial charge in [0.05, 0.1) is 33.2 Å². The third kappa shape index (κ3) is 5.19. The van der Waals surface area contributed by atoms with Gasteiger partial charge in [0.2, 0.25) is 15.9 Å². The number of anilines is 1. The van der Waals surface area contributed by atoms with Crippen molar-refractivity contribution in [3.05, 3.63) is 53.1 Å². The molecule has 1 fully saturated rings. The number of hydrogen-bond acceptors (Lipinski definition) is 7. The zero-order valence-corrected chi connectivity index (χ0v) is 20.2. The number of sulfonamides is 1. The van der Waals surface area contributed by atoms with E-state index in [0.29, 0.717) is 40.6 Å². The molecule has 0 spiro atoms. The molecule has 1 aliphatic heterocycles. The Hall–Kier alpha value is -2.53. The van der Waals surface area contributed by atoms with Crippen molar-refractivity contribution in [2.75, 3.05) is 25.0 Å². The molecule has 1 N–H and O–H groups in total. The van der Waals surface area contributed by atoms with Gasteiger partial charge in [-0.25, -0.2) is 18.2 Å². The lowest BCUT2D eigenvalue weighted by molar-refractivity contribution is -0.120. The third-order valence-electron chi connectivity index (χ3n) is 5.34. The Morgan fingerprint density at radius 1 is 1.24 bits per heavy atom. The molecule has 2 aromatic carbocycles. The van der Waals surface area contributed by atoms with Crippen LogP contribution in [0.15, 0.2) is 47.4 Å². The van der Waals surface area contributed by atoms with Gasteiger partial charge in [-0.1, -0.05) is 22.9 Å². The Morgan fingerprint density at radius 2 is 2.00 bits per heavy atom. The van der Waals surface area contributed by atoms with Crippen LogP contribution in [0, 0.1) is 5.92 Å². The van der Waals surface area contributed by atoms with Crippen LogP contribution in [-0.4, -0.2) is 49.3 Å². The first-order valence-corrected chi connectivity index (χ1v) is 13.1. The number of aromatic nitrogens is 1. The fourth-order valence-corrected chi connectivity index (χ4v) is 6.22. The molecular formula is C22H22ClN3O5S2. The highest BCUT2D eigenvalue weighted by Crippen LogP contribution is 2.29. The van der Waals surface area contributed by atoms with Crippen LogP contribution in [0.1, 0.15) is 30.1 Å². The van der Waals surface area contributed by atoms with Crippen LogP contribution >= 0.6 is 22.9 Å². The molecule has 11 heteroatoms. The van der Waals surface area contributed by atoms with Crippen molar-refractivity contribution >= 4 is 60.2 Å². The topological polar surface area (TPSA) is 106 Å². The highest BCUT2D eigenvalue weighted by Gasteiger charge is 2.33. The van der Waals surface area contributed by atoms with Gasteiger partial charge in [-0.2, -0.15) is 4.31 Å². The molecule has 1 saturated heterocycles. The van der Waals surface area contributed by atoms with Crippen LogP contribution in [0.4, 0.5) is 5.13 Å². The van der Waals surface area contributed by atoms with Gasteiger partial charge in [-0.3, -0.25) is 4.79 Å². The quantitative estimate of drug-likeness (QED) is 0.502. The van der Waals surface area contributed by atoms with Gasteiger partial charge in [0.15, 0.2) is 5.13 Å². The molecule has 1 amide bonds. The molecule has 3 aromatic rings. The minimum atomic E-state index is -3.72. The molecule has 174 valence electrons. The van der Waals surface area contributed by atoms with E-state index in [4.69, 9.17) is 16.3 Å². The fourth-order valence-electron chi connectivity index (χ4n) is 3.66. The highest BCUT2D eigenvalue weighted by molar-refractivity contribution is 7.89. The van der Waals surface area contributed by atoms with E-state index in [1.165, 1.54) is 39.9 Å². The van der Waals surface area contributed by atoms with Gasteiger partial charge >= 0.3 is 5.97 Å². The maximum atomic E-state index is 13.0. The van der Waals surface area contributed by atoms with E-state index < -0.39 is 21.9 Å². The van der Waals surface area contributed by atoms with Crippen LogP contribution in [0.5, 0.6) is 0 Å². The number of halogens is 1. The summed E-state index contributed by atoms with van der Waals surface area (Å²) in [4.78, 5) is 29.4. The second kappa shape index (κ2) is 9.76. The number of piperidine rings is 1. The average molecular weight is 508 g/mol. The highest BCUT2D eigenvalue weighted by atomic mass is 35.5. The molecule has 33 heavy (non-hydrogen) atoms. The molecule has 4 rings (SSSR count). The van der Waals surface area contributed by atoms with Crippen LogP contribution in [0.3, 0.4) is 0 Å². The summed E-state index contributed by atoms with van der Waals surface area (Å²) in [6, 6.07) is 11.0. The Balaban J connectivity index is 1.46. The SMILES string of the molecule is CCOC(=O)c1ccc2nc(NC(=O)C3CCCN(S(=O)(=O)c4ccc(Cl)cc4)C3)sc2c1. The first-order chi connectivity index (χ1) is 15.8. The van der Waals surface area contributed by atoms with E-state index in [1.54, 1.807) is 25.1 Å². The number of amides is 1. The minimum absolute atomic E-state index is 0.0920. The second-order valence-corrected chi connectivity index (χ2v) is 11.0. The maximum Gasteiger partial charge on any atom is 0.338 e. The number of thiazole rings is 1. The predicted octanol–water partition coefficient (Wildman–Crippen LogP) is 4.17. The molecule has 8 nitrogen and oxygen atoms in total. The van der Waals surface area contributed by atoms with Gasteiger partial charge in [0.25, 0.3) is 0 Å². The summed E-state index contributed by atoms with van der Waals surface area (Å²) in [7, 11) is -3.72. The largest absolute Gasteiger partial charge is 0.462 e. The Labute approximate surface area is 200 Å². The Bertz CT molecular complexity index is 1290. The summed E-state index contributed by atoms with van der Waals surface area (Å²) in [5.74, 6) is -1.19. The summed E-state index contributed by atoms with van der Waals surface area (Å²) in [5.41, 5.74) is 1.07. The van der Waals surface area contributed by atoms with E-state index in [9.17, 15) is 18.0 Å². The predicted molar refractivity (Wildman–Crippen MR) is 127 cm³/mol. The second-order valence-electron chi connectivity index (χ2n) is 7.57. The van der Waals surface area contributed by atoms with Gasteiger partial charge in [0.1, 0.15) is 0 Å². The van der Waals surface area contributed by atoms with Gasteiger partial charge in [-0.05, 0) is 62.2 Å². The van der Waals surface area contributed by atoms with Crippen molar-refractivity contribution < 1.29 is 22.7 Å². The van der Waals surface area contributed by atoms with E-state index in [-0.39, 0.29) is 24.0 Å². The van der Waals surface area contributed by atoms with Gasteiger partial charge in [-0.15, -0.1) is 0 Å². The lowest BCUT2D eigenvalue weighted by atomic mass is 9.99. The first kappa shape index (κ1) is 23.6. The normalized spacial score (nSPS) is 17.1. The van der Waals surface area contributed by atoms with E-state index in [1.807, 2.05) is 0 Å². The fraction of sp³-hybridized carbons (Fsp3) is 0.318. The number of esters is 1. The van der Waals surface area contributed by atoms with Crippen molar-refractivity contribution in [2.24, 2.45) is 5.92 Å². The lowest BCUT2D eigenvalue weighted by Crippen LogP contribution is -2.43. The monoisotopic (exact) mass is 507 g/mol. The van der Waals surface area contributed by atoms with Crippen molar-refractivity contribution in [3.8, 4) is 0 Å². The summed E-state index contributed by atoms with van der Waals surface area (Å²) in [6.45, 7) is 2.47. The van der Waals surface area contributed by atoms with Crippen molar-refractivity contribution in [1.82, 2.24) is 9.29 Å². The van der Waals surface area contributed by atoms with Crippen molar-refractivity contribution in [2.45, 2.75) is 24.7 Å². The Kier molecular flexibility index (Phi) is 6.99. The summed E-state index contributed by atoms with van der Waals surface area (Å²) >= 11 is 7.12. The molecule has 1 atom stereocenters. The average Bonchev–Trinajstić information content (AvgIpc) is 3.21. The van der Waals surface area contributed by atoms with Crippen LogP contribution in [-0.2, 0) is 19.6 Å². The third-order valence-corrected chi connectivity index (χ3v) is 8.40. The van der Waals surface area contributed by atoms with Crippen LogP contribution < -0.4 is 5.32 Å². The van der Waals surface area contributed by atoms with E-state index >= 15 is 0 Å². The molecule has 0 saturated carbocycles. The molecule has 0 aliphatic carbocycles. The molecule has 1 aliphatic rings. The summed E-state index contributed by atoms with van der Waals surface area (Å²) in [5, 5.41) is 3.66. The van der Waals surface area contributed by atoms with Crippen LogP contribution in [0.2, 0.25) is 5.02 Å². The number of carbonyl (C=O) groups excluding carboxylic acids is 2. The van der Waals surface area contributed by atoms with E-state index in [2.05, 4.69) is 10.3 Å². The lowest BCUT2D eigenvalue weighted by Gasteiger charge is -2.31. The molecular weight excluding hydrogens is 486 g/mol. The van der Waals surface area contributed by atoms with Crippen LogP contribution in [0.25, 0.3) is 10.2 Å². The number of hydrogen-bond donors (Lipinski definition) is 1. The maximum absolute atomic E-state index is 13.0. The number of rotatable bonds is 6. The number of nitrogens with zero attached hydrogens (tertiary/aromatic N) is 2. The molecule has 1 unspecified atom stereocenters. The molecule has 1 aromatic heterocycles. The van der Waals surface area contributed by atoms with Crippen molar-refractivity contribution in [1.29, 1.82) is 0 Å². The van der Waals surface area contributed by atoms with E-state index in [0.717, 1.165) is 4.70 Å². The standard InChI is InChI=1S/C22H22ClN3O5S2/c1-2-31-21(28)14-5-10-18-19(12-14)32-22(24-18)25-20(27)15-4-3-11-26(13-15)33(29,30)17-8-6-16(23)7-9-17/h5-10,12,15H,2-4,11,13H2,1H3,(H,24,25,27). The summed E-state index contributed by atoms with van der Waals surface area (Å²) in [6.07, 6.45) is 1.16. The molecule has 0 radical (unpaired) electrons. The Morgan fingerprint density at radius 3 is 2.73 bits per heavy atom. The smallest absolute Gasteiger partial charge is 0.338 e. The first-order valence-electron chi connectivity index (χ1n) is 10.4. The molecule has 2 heterocycles. The zero-order valence-electron chi connectivity index (χ0n) is 17.8. The van der Waals surface area contributed by atoms with Gasteiger partial charge in [0, 0.05) is 18.1 Å². The number of ether oxygens (including phenoxy) is 1. The van der Waals surface area contributed by atoms with Gasteiger partial charge < -0.3 is 10.1 Å². The molecule has 0 bridgehead atoms. The summed E-state index contributed by atoms with van der Waals surface area (Å²) < 4.78 is 33.1.